The Balaban J connectivity index is 2.57. The smallest absolute Gasteiger partial charge is 0.0989 e. The summed E-state index contributed by atoms with van der Waals surface area (Å²) >= 11 is 0. The molecule has 144 valence electrons. The first kappa shape index (κ1) is 22.4. The number of methoxy groups -OCH3 is 1. The summed E-state index contributed by atoms with van der Waals surface area (Å²) in [4.78, 5) is 2.58. The Labute approximate surface area is 158 Å². The molecule has 0 saturated carbocycles. The average Bonchev–Trinajstić information content (AvgIpc) is 2.57. The summed E-state index contributed by atoms with van der Waals surface area (Å²) in [6.07, 6.45) is 11.0. The highest BCUT2D eigenvalue weighted by atomic mass is 28.3. The van der Waals surface area contributed by atoms with E-state index >= 15 is 0 Å². The summed E-state index contributed by atoms with van der Waals surface area (Å²) in [6.45, 7) is 11.5. The van der Waals surface area contributed by atoms with Gasteiger partial charge >= 0.3 is 0 Å². The minimum atomic E-state index is -1.28. The van der Waals surface area contributed by atoms with Crippen LogP contribution in [0.15, 0.2) is 30.3 Å². The fourth-order valence-electron chi connectivity index (χ4n) is 3.69. The second-order valence-corrected chi connectivity index (χ2v) is 13.8. The van der Waals surface area contributed by atoms with Gasteiger partial charge in [-0.15, -0.1) is 0 Å². The van der Waals surface area contributed by atoms with Crippen molar-refractivity contribution in [3.63, 3.8) is 0 Å². The molecular formula is C22H41NOSi. The molecule has 1 unspecified atom stereocenters. The van der Waals surface area contributed by atoms with Crippen LogP contribution in [0.25, 0.3) is 0 Å². The first-order chi connectivity index (χ1) is 12.0. The Bertz CT molecular complexity index is 429. The first-order valence-corrected chi connectivity index (χ1v) is 13.8. The molecule has 1 aromatic rings. The zero-order chi connectivity index (χ0) is 18.5. The monoisotopic (exact) mass is 363 g/mol. The van der Waals surface area contributed by atoms with Crippen molar-refractivity contribution in [2.24, 2.45) is 0 Å². The van der Waals surface area contributed by atoms with Gasteiger partial charge in [0.25, 0.3) is 0 Å². The third kappa shape index (κ3) is 9.57. The molecule has 0 aliphatic rings. The van der Waals surface area contributed by atoms with Gasteiger partial charge in [-0.2, -0.15) is 0 Å². The fraction of sp³-hybridized carbons (Fsp3) is 0.727. The molecule has 25 heavy (non-hydrogen) atoms. The van der Waals surface area contributed by atoms with Crippen LogP contribution in [0.1, 0.15) is 63.9 Å². The lowest BCUT2D eigenvalue weighted by atomic mass is 10.1. The predicted molar refractivity (Wildman–Crippen MR) is 114 cm³/mol. The summed E-state index contributed by atoms with van der Waals surface area (Å²) in [5.74, 6) is 0. The predicted octanol–water partition coefficient (Wildman–Crippen LogP) is 6.48. The molecule has 1 atom stereocenters. The lowest BCUT2D eigenvalue weighted by molar-refractivity contribution is 0.0426. The van der Waals surface area contributed by atoms with Gasteiger partial charge < -0.3 is 4.74 Å². The molecule has 0 amide bonds. The first-order valence-electron chi connectivity index (χ1n) is 10.3. The van der Waals surface area contributed by atoms with Crippen LogP contribution in [0.5, 0.6) is 0 Å². The van der Waals surface area contributed by atoms with E-state index in [1.165, 1.54) is 56.9 Å². The number of hydrogen-bond donors (Lipinski definition) is 0. The zero-order valence-corrected chi connectivity index (χ0v) is 18.4. The van der Waals surface area contributed by atoms with Crippen LogP contribution in [0, 0.1) is 0 Å². The highest BCUT2D eigenvalue weighted by Gasteiger charge is 2.31. The number of benzene rings is 1. The van der Waals surface area contributed by atoms with Gasteiger partial charge in [-0.3, -0.25) is 4.90 Å². The Hall–Kier alpha value is -0.643. The molecule has 0 aliphatic heterocycles. The van der Waals surface area contributed by atoms with Crippen molar-refractivity contribution < 1.29 is 4.74 Å². The molecule has 0 bridgehead atoms. The Morgan fingerprint density at radius 3 is 2.08 bits per heavy atom. The van der Waals surface area contributed by atoms with Crippen LogP contribution in [0.3, 0.4) is 0 Å². The third-order valence-electron chi connectivity index (χ3n) is 5.04. The van der Waals surface area contributed by atoms with Gasteiger partial charge in [0, 0.05) is 19.3 Å². The lowest BCUT2D eigenvalue weighted by Gasteiger charge is -2.39. The number of ether oxygens (including phenoxy) is 1. The van der Waals surface area contributed by atoms with Gasteiger partial charge in [0.1, 0.15) is 0 Å². The molecule has 0 aliphatic carbocycles. The lowest BCUT2D eigenvalue weighted by Crippen LogP contribution is -2.51. The van der Waals surface area contributed by atoms with Crippen LogP contribution in [-0.2, 0) is 11.3 Å². The van der Waals surface area contributed by atoms with Crippen molar-refractivity contribution in [1.29, 1.82) is 0 Å². The van der Waals surface area contributed by atoms with Crippen molar-refractivity contribution in [2.45, 2.75) is 90.1 Å². The topological polar surface area (TPSA) is 12.5 Å². The summed E-state index contributed by atoms with van der Waals surface area (Å²) in [5, 5.41) is 0. The number of nitrogens with zero attached hydrogens (tertiary/aromatic N) is 1. The molecule has 2 nitrogen and oxygen atoms in total. The Morgan fingerprint density at radius 1 is 0.920 bits per heavy atom. The Morgan fingerprint density at radius 2 is 1.52 bits per heavy atom. The van der Waals surface area contributed by atoms with Gasteiger partial charge in [-0.25, -0.2) is 0 Å². The van der Waals surface area contributed by atoms with Crippen molar-refractivity contribution in [3.05, 3.63) is 35.9 Å². The number of rotatable bonds is 14. The molecule has 0 fully saturated rings. The van der Waals surface area contributed by atoms with E-state index in [1.807, 2.05) is 7.11 Å². The van der Waals surface area contributed by atoms with Crippen LogP contribution in [0.2, 0.25) is 19.6 Å². The van der Waals surface area contributed by atoms with E-state index in [4.69, 9.17) is 4.74 Å². The van der Waals surface area contributed by atoms with E-state index in [2.05, 4.69) is 61.8 Å². The third-order valence-corrected chi connectivity index (χ3v) is 7.70. The minimum absolute atomic E-state index is 0.684. The normalized spacial score (nSPS) is 13.4. The maximum atomic E-state index is 5.57. The molecule has 1 rings (SSSR count). The highest BCUT2D eigenvalue weighted by molar-refractivity contribution is 6.77. The van der Waals surface area contributed by atoms with E-state index in [-0.39, 0.29) is 0 Å². The minimum Gasteiger partial charge on any atom is -0.369 e. The molecule has 0 radical (unpaired) electrons. The van der Waals surface area contributed by atoms with E-state index in [1.54, 1.807) is 0 Å². The molecule has 0 heterocycles. The van der Waals surface area contributed by atoms with Crippen LogP contribution in [-0.4, -0.2) is 32.5 Å². The van der Waals surface area contributed by atoms with Gasteiger partial charge in [-0.05, 0) is 12.0 Å². The summed E-state index contributed by atoms with van der Waals surface area (Å²) in [6, 6.07) is 10.8. The van der Waals surface area contributed by atoms with Crippen molar-refractivity contribution >= 4 is 8.07 Å². The quantitative estimate of drug-likeness (QED) is 0.213. The SMILES string of the molecule is CCCCCCCCCC(N(COC)Cc1ccccc1)[Si](C)(C)C. The summed E-state index contributed by atoms with van der Waals surface area (Å²) < 4.78 is 5.57. The number of hydrogen-bond acceptors (Lipinski definition) is 2. The van der Waals surface area contributed by atoms with Crippen LogP contribution in [0.4, 0.5) is 0 Å². The molecule has 1 aromatic carbocycles. The van der Waals surface area contributed by atoms with Crippen molar-refractivity contribution in [3.8, 4) is 0 Å². The van der Waals surface area contributed by atoms with E-state index in [0.717, 1.165) is 13.3 Å². The summed E-state index contributed by atoms with van der Waals surface area (Å²) in [5.41, 5.74) is 2.07. The highest BCUT2D eigenvalue weighted by Crippen LogP contribution is 2.23. The van der Waals surface area contributed by atoms with E-state index < -0.39 is 8.07 Å². The number of unbranched alkanes of at least 4 members (excludes halogenated alkanes) is 6. The molecular weight excluding hydrogens is 322 g/mol. The van der Waals surface area contributed by atoms with Gasteiger partial charge in [0.15, 0.2) is 0 Å². The molecule has 0 N–H and O–H groups in total. The van der Waals surface area contributed by atoms with Gasteiger partial charge in [-0.1, -0.05) is 102 Å². The summed E-state index contributed by atoms with van der Waals surface area (Å²) in [7, 11) is 0.550. The standard InChI is InChI=1S/C22H41NOSi/c1-6-7-8-9-10-11-15-18-22(25(3,4)5)23(20-24-2)19-21-16-13-12-14-17-21/h12-14,16-17,22H,6-11,15,18-20H2,1-5H3. The largest absolute Gasteiger partial charge is 0.369 e. The zero-order valence-electron chi connectivity index (χ0n) is 17.4. The molecule has 3 heteroatoms. The van der Waals surface area contributed by atoms with Crippen molar-refractivity contribution in [1.82, 2.24) is 4.90 Å². The maximum Gasteiger partial charge on any atom is 0.0989 e. The maximum absolute atomic E-state index is 5.57. The average molecular weight is 364 g/mol. The van der Waals surface area contributed by atoms with Crippen LogP contribution >= 0.6 is 0 Å². The van der Waals surface area contributed by atoms with Gasteiger partial charge in [0.2, 0.25) is 0 Å². The van der Waals surface area contributed by atoms with E-state index in [0.29, 0.717) is 5.67 Å². The van der Waals surface area contributed by atoms with Crippen LogP contribution < -0.4 is 0 Å². The van der Waals surface area contributed by atoms with Gasteiger partial charge in [0.05, 0.1) is 14.8 Å². The molecule has 0 saturated heterocycles. The van der Waals surface area contributed by atoms with Crippen molar-refractivity contribution in [2.75, 3.05) is 13.8 Å². The molecule has 0 spiro atoms. The second-order valence-electron chi connectivity index (χ2n) is 8.44. The molecule has 0 aromatic heterocycles. The second kappa shape index (κ2) is 12.7. The van der Waals surface area contributed by atoms with E-state index in [9.17, 15) is 0 Å². The fourth-order valence-corrected chi connectivity index (χ4v) is 6.02. The Kier molecular flexibility index (Phi) is 11.3.